The van der Waals surface area contributed by atoms with E-state index >= 15 is 0 Å². The standard InChI is InChI=1S/C20H24O13S/c1-11(21)28-10-16-17(29-12(2)22)18(30-13(3)23)19(31-14(4)24)20(33-16,34(25,26)27)32-15-8-6-5-7-9-15/h5-9,16-19H,10H2,1-4H3,(H,25,26,27)/t16-,17-,18+,19+,20-/m0/s1. The predicted molar refractivity (Wildman–Crippen MR) is 110 cm³/mol. The van der Waals surface area contributed by atoms with Crippen molar-refractivity contribution >= 4 is 34.0 Å². The Balaban J connectivity index is 2.76. The Morgan fingerprint density at radius 2 is 1.41 bits per heavy atom. The second-order valence-electron chi connectivity index (χ2n) is 7.13. The molecule has 0 aliphatic carbocycles. The highest BCUT2D eigenvalue weighted by Crippen LogP contribution is 2.40. The first-order valence-electron chi connectivity index (χ1n) is 9.80. The zero-order valence-electron chi connectivity index (χ0n) is 18.7. The molecule has 1 saturated heterocycles. The highest BCUT2D eigenvalue weighted by molar-refractivity contribution is 7.87. The zero-order chi connectivity index (χ0) is 25.7. The normalized spacial score (nSPS) is 26.6. The second-order valence-corrected chi connectivity index (χ2v) is 8.65. The van der Waals surface area contributed by atoms with Gasteiger partial charge in [0.15, 0.2) is 12.2 Å². The van der Waals surface area contributed by atoms with Crippen molar-refractivity contribution in [3.05, 3.63) is 30.3 Å². The highest BCUT2D eigenvalue weighted by Gasteiger charge is 2.68. The van der Waals surface area contributed by atoms with Gasteiger partial charge in [0, 0.05) is 27.7 Å². The van der Waals surface area contributed by atoms with Crippen LogP contribution in [0.1, 0.15) is 27.7 Å². The fourth-order valence-electron chi connectivity index (χ4n) is 3.23. The number of benzene rings is 1. The molecule has 13 nitrogen and oxygen atoms in total. The molecule has 2 rings (SSSR count). The summed E-state index contributed by atoms with van der Waals surface area (Å²) in [7, 11) is -5.47. The van der Waals surface area contributed by atoms with E-state index in [-0.39, 0.29) is 5.75 Å². The lowest BCUT2D eigenvalue weighted by molar-refractivity contribution is -0.308. The number of ether oxygens (including phenoxy) is 6. The smallest absolute Gasteiger partial charge is 0.383 e. The molecule has 1 aliphatic rings. The first-order valence-corrected chi connectivity index (χ1v) is 11.2. The van der Waals surface area contributed by atoms with Gasteiger partial charge in [0.1, 0.15) is 18.5 Å². The van der Waals surface area contributed by atoms with E-state index in [4.69, 9.17) is 28.4 Å². The molecule has 0 saturated carbocycles. The maximum absolute atomic E-state index is 12.7. The summed E-state index contributed by atoms with van der Waals surface area (Å²) in [5, 5.41) is -3.22. The molecular formula is C20H24O13S. The molecule has 0 radical (unpaired) electrons. The molecule has 0 amide bonds. The molecule has 1 aromatic rings. The first-order chi connectivity index (χ1) is 15.8. The van der Waals surface area contributed by atoms with Gasteiger partial charge in [-0.3, -0.25) is 23.7 Å². The Labute approximate surface area is 194 Å². The van der Waals surface area contributed by atoms with Crippen molar-refractivity contribution in [2.24, 2.45) is 0 Å². The highest BCUT2D eigenvalue weighted by atomic mass is 32.2. The van der Waals surface area contributed by atoms with Gasteiger partial charge < -0.3 is 28.4 Å². The average molecular weight is 504 g/mol. The van der Waals surface area contributed by atoms with Gasteiger partial charge in [0.25, 0.3) is 0 Å². The topological polar surface area (TPSA) is 178 Å². The van der Waals surface area contributed by atoms with Crippen LogP contribution in [0.4, 0.5) is 0 Å². The molecule has 1 aliphatic heterocycles. The van der Waals surface area contributed by atoms with E-state index in [0.717, 1.165) is 27.7 Å². The monoisotopic (exact) mass is 504 g/mol. The molecule has 0 unspecified atom stereocenters. The second kappa shape index (κ2) is 10.8. The van der Waals surface area contributed by atoms with Gasteiger partial charge in [-0.05, 0) is 12.1 Å². The number of esters is 4. The summed E-state index contributed by atoms with van der Waals surface area (Å²) in [5.74, 6) is -3.94. The molecule has 1 aromatic carbocycles. The molecule has 1 heterocycles. The van der Waals surface area contributed by atoms with Gasteiger partial charge in [0.2, 0.25) is 6.10 Å². The molecular weight excluding hydrogens is 480 g/mol. The minimum atomic E-state index is -5.47. The summed E-state index contributed by atoms with van der Waals surface area (Å²) in [4.78, 5) is 47.0. The van der Waals surface area contributed by atoms with Crippen molar-refractivity contribution < 1.29 is 60.6 Å². The average Bonchev–Trinajstić information content (AvgIpc) is 2.70. The number of carbonyl (C=O) groups excluding carboxylic acids is 4. The summed E-state index contributed by atoms with van der Waals surface area (Å²) >= 11 is 0. The summed E-state index contributed by atoms with van der Waals surface area (Å²) in [5.41, 5.74) is 0. The number of hydrogen-bond acceptors (Lipinski definition) is 12. The maximum Gasteiger partial charge on any atom is 0.383 e. The van der Waals surface area contributed by atoms with E-state index in [2.05, 4.69) is 0 Å². The van der Waals surface area contributed by atoms with Crippen LogP contribution in [0, 0.1) is 0 Å². The quantitative estimate of drug-likeness (QED) is 0.292. The number of hydrogen-bond donors (Lipinski definition) is 1. The Hall–Kier alpha value is -3.23. The Kier molecular flexibility index (Phi) is 8.58. The van der Waals surface area contributed by atoms with Gasteiger partial charge in [-0.2, -0.15) is 8.42 Å². The third-order valence-electron chi connectivity index (χ3n) is 4.36. The fraction of sp³-hybridized carbons (Fsp3) is 0.500. The van der Waals surface area contributed by atoms with Crippen molar-refractivity contribution in [2.45, 2.75) is 57.2 Å². The molecule has 0 bridgehead atoms. The number of para-hydroxylation sites is 1. The van der Waals surface area contributed by atoms with Gasteiger partial charge in [-0.1, -0.05) is 18.2 Å². The molecule has 1 fully saturated rings. The van der Waals surface area contributed by atoms with Gasteiger partial charge >= 0.3 is 39.1 Å². The summed E-state index contributed by atoms with van der Waals surface area (Å²) in [6.07, 6.45) is -7.36. The van der Waals surface area contributed by atoms with Crippen LogP contribution >= 0.6 is 0 Å². The molecule has 188 valence electrons. The maximum atomic E-state index is 12.7. The van der Waals surface area contributed by atoms with Crippen LogP contribution in [-0.4, -0.2) is 73.0 Å². The third-order valence-corrected chi connectivity index (χ3v) is 5.49. The summed E-state index contributed by atoms with van der Waals surface area (Å²) < 4.78 is 67.0. The third kappa shape index (κ3) is 6.42. The van der Waals surface area contributed by atoms with Crippen molar-refractivity contribution in [3.63, 3.8) is 0 Å². The summed E-state index contributed by atoms with van der Waals surface area (Å²) in [6.45, 7) is 3.20. The van der Waals surface area contributed by atoms with E-state index in [1.54, 1.807) is 6.07 Å². The number of carbonyl (C=O) groups is 4. The molecule has 1 N–H and O–H groups in total. The van der Waals surface area contributed by atoms with Crippen molar-refractivity contribution in [2.75, 3.05) is 6.61 Å². The molecule has 0 aromatic heterocycles. The fourth-order valence-corrected chi connectivity index (χ4v) is 4.15. The van der Waals surface area contributed by atoms with E-state index < -0.39 is 70.1 Å². The van der Waals surface area contributed by atoms with Gasteiger partial charge in [0.05, 0.1) is 0 Å². The van der Waals surface area contributed by atoms with Crippen LogP contribution in [0.15, 0.2) is 30.3 Å². The van der Waals surface area contributed by atoms with Gasteiger partial charge in [-0.15, -0.1) is 0 Å². The Morgan fingerprint density at radius 1 is 0.882 bits per heavy atom. The minimum absolute atomic E-state index is 0.156. The van der Waals surface area contributed by atoms with E-state index in [1.165, 1.54) is 24.3 Å². The lowest BCUT2D eigenvalue weighted by Gasteiger charge is -2.48. The van der Waals surface area contributed by atoms with E-state index in [0.29, 0.717) is 0 Å². The molecule has 0 spiro atoms. The first kappa shape index (κ1) is 27.0. The van der Waals surface area contributed by atoms with Crippen LogP contribution in [0.5, 0.6) is 5.75 Å². The SMILES string of the molecule is CC(=O)OC[C@@H]1O[C@](Oc2ccccc2)(S(=O)(=O)O)[C@H](OC(C)=O)[C@H](OC(C)=O)[C@H]1OC(C)=O. The van der Waals surface area contributed by atoms with Crippen LogP contribution in [0.3, 0.4) is 0 Å². The molecule has 5 atom stereocenters. The minimum Gasteiger partial charge on any atom is -0.463 e. The predicted octanol–water partition coefficient (Wildman–Crippen LogP) is 0.364. The van der Waals surface area contributed by atoms with E-state index in [9.17, 15) is 32.1 Å². The van der Waals surface area contributed by atoms with E-state index in [1.807, 2.05) is 0 Å². The summed E-state index contributed by atoms with van der Waals surface area (Å²) in [6, 6.07) is 7.14. The van der Waals surface area contributed by atoms with Crippen molar-refractivity contribution in [3.8, 4) is 5.75 Å². The van der Waals surface area contributed by atoms with Crippen LogP contribution < -0.4 is 4.74 Å². The van der Waals surface area contributed by atoms with Crippen LogP contribution in [0.2, 0.25) is 0 Å². The number of rotatable bonds is 8. The zero-order valence-corrected chi connectivity index (χ0v) is 19.5. The Morgan fingerprint density at radius 3 is 1.88 bits per heavy atom. The van der Waals surface area contributed by atoms with Crippen LogP contribution in [-0.2, 0) is 53.0 Å². The van der Waals surface area contributed by atoms with Crippen molar-refractivity contribution in [1.82, 2.24) is 0 Å². The van der Waals surface area contributed by atoms with Crippen molar-refractivity contribution in [1.29, 1.82) is 0 Å². The molecule has 14 heteroatoms. The lowest BCUT2D eigenvalue weighted by atomic mass is 9.97. The Bertz CT molecular complexity index is 1020. The van der Waals surface area contributed by atoms with Crippen LogP contribution in [0.25, 0.3) is 0 Å². The lowest BCUT2D eigenvalue weighted by Crippen LogP contribution is -2.72. The van der Waals surface area contributed by atoms with Gasteiger partial charge in [-0.25, -0.2) is 0 Å². The molecule has 34 heavy (non-hydrogen) atoms. The largest absolute Gasteiger partial charge is 0.463 e.